The summed E-state index contributed by atoms with van der Waals surface area (Å²) in [6, 6.07) is 7.94. The highest BCUT2D eigenvalue weighted by Crippen LogP contribution is 2.22. The van der Waals surface area contributed by atoms with Crippen molar-refractivity contribution in [2.75, 3.05) is 7.05 Å². The highest BCUT2D eigenvalue weighted by Gasteiger charge is 2.06. The fraction of sp³-hybridized carbons (Fsp3) is 0.308. The van der Waals surface area contributed by atoms with Crippen molar-refractivity contribution in [2.45, 2.75) is 19.3 Å². The topological polar surface area (TPSA) is 54.3 Å². The zero-order chi connectivity index (χ0) is 12.1. The molecule has 1 aromatic carbocycles. The predicted molar refractivity (Wildman–Crippen MR) is 66.4 cm³/mol. The van der Waals surface area contributed by atoms with Crippen LogP contribution in [-0.4, -0.2) is 13.0 Å². The molecule has 0 unspecified atom stereocenters. The highest BCUT2D eigenvalue weighted by molar-refractivity contribution is 5.81. The summed E-state index contributed by atoms with van der Waals surface area (Å²) in [6.45, 7) is 0. The number of furan rings is 1. The third-order valence-corrected chi connectivity index (χ3v) is 2.68. The van der Waals surface area contributed by atoms with Crippen LogP contribution in [0.3, 0.4) is 0 Å². The van der Waals surface area contributed by atoms with E-state index < -0.39 is 0 Å². The summed E-state index contributed by atoms with van der Waals surface area (Å²) in [5.41, 5.74) is 7.24. The summed E-state index contributed by atoms with van der Waals surface area (Å²) in [7, 11) is 1.68. The van der Waals surface area contributed by atoms with Gasteiger partial charge in [-0.3, -0.25) is 10.2 Å². The maximum atomic E-state index is 11.2. The predicted octanol–water partition coefficient (Wildman–Crippen LogP) is 2.01. The van der Waals surface area contributed by atoms with Gasteiger partial charge in [-0.05, 0) is 24.5 Å². The average molecular weight is 232 g/mol. The Hall–Kier alpha value is -1.81. The van der Waals surface area contributed by atoms with E-state index in [1.54, 1.807) is 13.3 Å². The van der Waals surface area contributed by atoms with Crippen LogP contribution in [0.25, 0.3) is 11.0 Å². The number of amides is 1. The molecule has 17 heavy (non-hydrogen) atoms. The van der Waals surface area contributed by atoms with E-state index in [4.69, 9.17) is 4.42 Å². The van der Waals surface area contributed by atoms with Crippen LogP contribution in [0.2, 0.25) is 0 Å². The van der Waals surface area contributed by atoms with Gasteiger partial charge in [0.1, 0.15) is 5.58 Å². The van der Waals surface area contributed by atoms with Gasteiger partial charge in [-0.25, -0.2) is 5.43 Å². The number of carbonyl (C=O) groups excluding carboxylic acids is 1. The molecular weight excluding hydrogens is 216 g/mol. The fourth-order valence-electron chi connectivity index (χ4n) is 1.87. The first-order chi connectivity index (χ1) is 8.31. The molecule has 0 aliphatic carbocycles. The number of hydrogen-bond acceptors (Lipinski definition) is 3. The van der Waals surface area contributed by atoms with E-state index >= 15 is 0 Å². The Bertz CT molecular complexity index is 505. The number of carbonyl (C=O) groups is 1. The molecular formula is C13H16N2O2. The summed E-state index contributed by atoms with van der Waals surface area (Å²) in [6.07, 6.45) is 3.96. The average Bonchev–Trinajstić information content (AvgIpc) is 2.73. The van der Waals surface area contributed by atoms with Crippen molar-refractivity contribution in [2.24, 2.45) is 0 Å². The van der Waals surface area contributed by atoms with Gasteiger partial charge in [-0.1, -0.05) is 18.2 Å². The standard InChI is InChI=1S/C13H16N2O2/c1-14-15-13(16)8-4-5-10-9-17-12-7-3-2-6-11(10)12/h2-3,6-7,9,14H,4-5,8H2,1H3,(H,15,16). The van der Waals surface area contributed by atoms with Crippen LogP contribution in [0.4, 0.5) is 0 Å². The van der Waals surface area contributed by atoms with E-state index in [9.17, 15) is 4.79 Å². The van der Waals surface area contributed by atoms with Crippen LogP contribution in [0.5, 0.6) is 0 Å². The second-order valence-electron chi connectivity index (χ2n) is 3.91. The Labute approximate surface area is 100.0 Å². The molecule has 1 amide bonds. The Balaban J connectivity index is 1.93. The van der Waals surface area contributed by atoms with Crippen LogP contribution in [0, 0.1) is 0 Å². The van der Waals surface area contributed by atoms with Gasteiger partial charge < -0.3 is 4.42 Å². The maximum Gasteiger partial charge on any atom is 0.234 e. The van der Waals surface area contributed by atoms with Crippen LogP contribution in [-0.2, 0) is 11.2 Å². The number of fused-ring (bicyclic) bond motifs is 1. The molecule has 1 heterocycles. The van der Waals surface area contributed by atoms with Gasteiger partial charge in [-0.15, -0.1) is 0 Å². The summed E-state index contributed by atoms with van der Waals surface area (Å²) in [5.74, 6) is 0.0142. The molecule has 0 fully saturated rings. The first-order valence-corrected chi connectivity index (χ1v) is 5.72. The lowest BCUT2D eigenvalue weighted by atomic mass is 10.1. The first kappa shape index (κ1) is 11.7. The van der Waals surface area contributed by atoms with E-state index in [-0.39, 0.29) is 5.91 Å². The zero-order valence-corrected chi connectivity index (χ0v) is 9.82. The smallest absolute Gasteiger partial charge is 0.234 e. The quantitative estimate of drug-likeness (QED) is 0.775. The molecule has 4 heteroatoms. The van der Waals surface area contributed by atoms with Crippen LogP contribution >= 0.6 is 0 Å². The van der Waals surface area contributed by atoms with Gasteiger partial charge in [0.15, 0.2) is 0 Å². The van der Waals surface area contributed by atoms with Gasteiger partial charge in [-0.2, -0.15) is 0 Å². The first-order valence-electron chi connectivity index (χ1n) is 5.72. The van der Waals surface area contributed by atoms with Crippen molar-refractivity contribution in [3.63, 3.8) is 0 Å². The minimum atomic E-state index is 0.0142. The normalized spacial score (nSPS) is 10.6. The highest BCUT2D eigenvalue weighted by atomic mass is 16.3. The van der Waals surface area contributed by atoms with Crippen LogP contribution in [0.1, 0.15) is 18.4 Å². The van der Waals surface area contributed by atoms with Gasteiger partial charge >= 0.3 is 0 Å². The largest absolute Gasteiger partial charge is 0.464 e. The molecule has 2 N–H and O–H groups in total. The molecule has 0 saturated carbocycles. The third-order valence-electron chi connectivity index (χ3n) is 2.68. The van der Waals surface area contributed by atoms with Crippen molar-refractivity contribution in [3.05, 3.63) is 36.1 Å². The molecule has 2 rings (SSSR count). The monoisotopic (exact) mass is 232 g/mol. The van der Waals surface area contributed by atoms with Crippen molar-refractivity contribution in [1.82, 2.24) is 10.9 Å². The molecule has 1 aromatic heterocycles. The molecule has 0 bridgehead atoms. The Morgan fingerprint density at radius 3 is 3.00 bits per heavy atom. The summed E-state index contributed by atoms with van der Waals surface area (Å²) in [5, 5.41) is 1.14. The number of rotatable bonds is 5. The molecule has 0 saturated heterocycles. The van der Waals surface area contributed by atoms with Gasteiger partial charge in [0, 0.05) is 18.9 Å². The molecule has 0 spiro atoms. The lowest BCUT2D eigenvalue weighted by Gasteiger charge is -2.01. The Morgan fingerprint density at radius 1 is 1.35 bits per heavy atom. The van der Waals surface area contributed by atoms with Crippen molar-refractivity contribution >= 4 is 16.9 Å². The van der Waals surface area contributed by atoms with E-state index in [1.165, 1.54) is 0 Å². The van der Waals surface area contributed by atoms with Gasteiger partial charge in [0.2, 0.25) is 5.91 Å². The van der Waals surface area contributed by atoms with Crippen molar-refractivity contribution < 1.29 is 9.21 Å². The summed E-state index contributed by atoms with van der Waals surface area (Å²) in [4.78, 5) is 11.2. The minimum Gasteiger partial charge on any atom is -0.464 e. The minimum absolute atomic E-state index is 0.0142. The van der Waals surface area contributed by atoms with Gasteiger partial charge in [0.05, 0.1) is 6.26 Å². The molecule has 0 atom stereocenters. The van der Waals surface area contributed by atoms with E-state index in [0.29, 0.717) is 6.42 Å². The van der Waals surface area contributed by atoms with Crippen LogP contribution in [0.15, 0.2) is 34.9 Å². The summed E-state index contributed by atoms with van der Waals surface area (Å²) >= 11 is 0. The molecule has 4 nitrogen and oxygen atoms in total. The number of hydrogen-bond donors (Lipinski definition) is 2. The Kier molecular flexibility index (Phi) is 3.77. The molecule has 90 valence electrons. The number of nitrogens with one attached hydrogen (secondary N) is 2. The molecule has 0 aliphatic heterocycles. The van der Waals surface area contributed by atoms with Crippen molar-refractivity contribution in [1.29, 1.82) is 0 Å². The second kappa shape index (κ2) is 5.50. The maximum absolute atomic E-state index is 11.2. The zero-order valence-electron chi connectivity index (χ0n) is 9.82. The number of aryl methyl sites for hydroxylation is 1. The number of para-hydroxylation sites is 1. The van der Waals surface area contributed by atoms with Crippen molar-refractivity contribution in [3.8, 4) is 0 Å². The number of benzene rings is 1. The summed E-state index contributed by atoms with van der Waals surface area (Å²) < 4.78 is 5.44. The Morgan fingerprint density at radius 2 is 2.18 bits per heavy atom. The molecule has 2 aromatic rings. The molecule has 0 radical (unpaired) electrons. The van der Waals surface area contributed by atoms with E-state index in [1.807, 2.05) is 24.3 Å². The second-order valence-corrected chi connectivity index (χ2v) is 3.91. The van der Waals surface area contributed by atoms with Gasteiger partial charge in [0.25, 0.3) is 0 Å². The fourth-order valence-corrected chi connectivity index (χ4v) is 1.87. The molecule has 0 aliphatic rings. The van der Waals surface area contributed by atoms with E-state index in [0.717, 1.165) is 29.4 Å². The number of hydrazine groups is 1. The van der Waals surface area contributed by atoms with Crippen LogP contribution < -0.4 is 10.9 Å². The van der Waals surface area contributed by atoms with E-state index in [2.05, 4.69) is 10.9 Å². The lowest BCUT2D eigenvalue weighted by Crippen LogP contribution is -2.33. The SMILES string of the molecule is CNNC(=O)CCCc1coc2ccccc12. The lowest BCUT2D eigenvalue weighted by molar-refractivity contribution is -0.122. The third kappa shape index (κ3) is 2.85.